The summed E-state index contributed by atoms with van der Waals surface area (Å²) >= 11 is 4.69. The fraction of sp³-hybridized carbons (Fsp3) is 0.0952. The number of pyridine rings is 1. The van der Waals surface area contributed by atoms with Gasteiger partial charge in [0.25, 0.3) is 5.91 Å². The Balaban J connectivity index is 1.79. The predicted molar refractivity (Wildman–Crippen MR) is 122 cm³/mol. The molecule has 0 aliphatic carbocycles. The number of halogens is 1. The Hall–Kier alpha value is -2.62. The third-order valence-corrected chi connectivity index (χ3v) is 7.03. The molecule has 0 atom stereocenters. The molecule has 0 saturated heterocycles. The van der Waals surface area contributed by atoms with Crippen molar-refractivity contribution in [3.8, 4) is 0 Å². The molecule has 0 N–H and O–H groups in total. The number of fused-ring (bicyclic) bond motifs is 1. The van der Waals surface area contributed by atoms with Gasteiger partial charge in [0.1, 0.15) is 0 Å². The Morgan fingerprint density at radius 1 is 1.13 bits per heavy atom. The zero-order valence-electron chi connectivity index (χ0n) is 15.8. The SMILES string of the molecule is CS(=O)(=O)c1ccc2nc(N(Cc3cccnc3)C(=O)c3cccc(Br)c3)sc2c1. The number of amides is 1. The summed E-state index contributed by atoms with van der Waals surface area (Å²) < 4.78 is 25.3. The Bertz CT molecular complexity index is 1340. The standard InChI is InChI=1S/C21H16BrN3O3S2/c1-30(27,28)17-7-8-18-19(11-17)29-21(24-18)25(13-14-4-3-9-23-12-14)20(26)15-5-2-6-16(22)10-15/h2-12H,13H2,1H3. The molecule has 0 spiro atoms. The van der Waals surface area contributed by atoms with Crippen LogP contribution >= 0.6 is 27.3 Å². The van der Waals surface area contributed by atoms with Gasteiger partial charge >= 0.3 is 0 Å². The van der Waals surface area contributed by atoms with Gasteiger partial charge in [-0.25, -0.2) is 13.4 Å². The van der Waals surface area contributed by atoms with Gasteiger partial charge in [-0.2, -0.15) is 0 Å². The van der Waals surface area contributed by atoms with Gasteiger partial charge in [-0.15, -0.1) is 0 Å². The van der Waals surface area contributed by atoms with Gasteiger partial charge in [-0.1, -0.05) is 39.4 Å². The minimum atomic E-state index is -3.33. The number of rotatable bonds is 5. The monoisotopic (exact) mass is 501 g/mol. The lowest BCUT2D eigenvalue weighted by Crippen LogP contribution is -2.30. The number of anilines is 1. The second kappa shape index (κ2) is 8.25. The van der Waals surface area contributed by atoms with E-state index < -0.39 is 9.84 Å². The van der Waals surface area contributed by atoms with Crippen molar-refractivity contribution in [2.75, 3.05) is 11.2 Å². The number of aromatic nitrogens is 2. The van der Waals surface area contributed by atoms with E-state index in [1.165, 1.54) is 23.7 Å². The molecule has 1 amide bonds. The smallest absolute Gasteiger partial charge is 0.260 e. The second-order valence-electron chi connectivity index (χ2n) is 6.66. The number of sulfone groups is 1. The Kier molecular flexibility index (Phi) is 5.68. The molecule has 30 heavy (non-hydrogen) atoms. The van der Waals surface area contributed by atoms with Crippen LogP contribution in [0.3, 0.4) is 0 Å². The van der Waals surface area contributed by atoms with Crippen molar-refractivity contribution in [2.45, 2.75) is 11.4 Å². The van der Waals surface area contributed by atoms with Gasteiger partial charge in [-0.3, -0.25) is 14.7 Å². The summed E-state index contributed by atoms with van der Waals surface area (Å²) in [6.45, 7) is 0.290. The quantitative estimate of drug-likeness (QED) is 0.395. The first-order chi connectivity index (χ1) is 14.3. The normalized spacial score (nSPS) is 11.5. The van der Waals surface area contributed by atoms with E-state index in [-0.39, 0.29) is 17.3 Å². The first-order valence-electron chi connectivity index (χ1n) is 8.88. The van der Waals surface area contributed by atoms with E-state index in [0.29, 0.717) is 20.9 Å². The maximum Gasteiger partial charge on any atom is 0.260 e. The number of carbonyl (C=O) groups excluding carboxylic acids is 1. The molecule has 0 aliphatic rings. The zero-order valence-corrected chi connectivity index (χ0v) is 19.0. The molecule has 0 unspecified atom stereocenters. The summed E-state index contributed by atoms with van der Waals surface area (Å²) in [4.78, 5) is 23.9. The lowest BCUT2D eigenvalue weighted by Gasteiger charge is -2.20. The van der Waals surface area contributed by atoms with Gasteiger partial charge in [0.05, 0.1) is 21.7 Å². The molecule has 4 rings (SSSR count). The molecule has 2 aromatic heterocycles. The summed E-state index contributed by atoms with van der Waals surface area (Å²) in [5.74, 6) is -0.206. The third kappa shape index (κ3) is 4.43. The minimum absolute atomic E-state index is 0.206. The van der Waals surface area contributed by atoms with E-state index in [1.54, 1.807) is 47.6 Å². The largest absolute Gasteiger partial charge is 0.279 e. The lowest BCUT2D eigenvalue weighted by atomic mass is 10.2. The molecule has 0 fully saturated rings. The molecule has 0 aliphatic heterocycles. The van der Waals surface area contributed by atoms with Gasteiger partial charge in [0.15, 0.2) is 15.0 Å². The van der Waals surface area contributed by atoms with Crippen LogP contribution in [0.2, 0.25) is 0 Å². The van der Waals surface area contributed by atoms with Gasteiger partial charge in [0, 0.05) is 28.7 Å². The van der Waals surface area contributed by atoms with Crippen molar-refractivity contribution in [1.29, 1.82) is 0 Å². The maximum atomic E-state index is 13.4. The topological polar surface area (TPSA) is 80.2 Å². The Morgan fingerprint density at radius 2 is 1.97 bits per heavy atom. The summed E-state index contributed by atoms with van der Waals surface area (Å²) in [6, 6.07) is 15.7. The van der Waals surface area contributed by atoms with Crippen molar-refractivity contribution < 1.29 is 13.2 Å². The highest BCUT2D eigenvalue weighted by atomic mass is 79.9. The average Bonchev–Trinajstić information content (AvgIpc) is 3.14. The van der Waals surface area contributed by atoms with E-state index in [2.05, 4.69) is 25.9 Å². The average molecular weight is 502 g/mol. The van der Waals surface area contributed by atoms with Crippen LogP contribution in [-0.2, 0) is 16.4 Å². The molecule has 6 nitrogen and oxygen atoms in total. The third-order valence-electron chi connectivity index (χ3n) is 4.39. The van der Waals surface area contributed by atoms with E-state index in [1.807, 2.05) is 18.2 Å². The van der Waals surface area contributed by atoms with E-state index >= 15 is 0 Å². The minimum Gasteiger partial charge on any atom is -0.279 e. The van der Waals surface area contributed by atoms with Crippen LogP contribution in [0.5, 0.6) is 0 Å². The summed E-state index contributed by atoms with van der Waals surface area (Å²) in [7, 11) is -3.33. The molecular formula is C21H16BrN3O3S2. The Morgan fingerprint density at radius 3 is 2.67 bits per heavy atom. The molecule has 9 heteroatoms. The van der Waals surface area contributed by atoms with Crippen LogP contribution < -0.4 is 4.90 Å². The van der Waals surface area contributed by atoms with Crippen LogP contribution in [-0.4, -0.2) is 30.5 Å². The van der Waals surface area contributed by atoms with Crippen LogP contribution in [0.4, 0.5) is 5.13 Å². The molecule has 0 saturated carbocycles. The molecule has 0 bridgehead atoms. The van der Waals surface area contributed by atoms with Gasteiger partial charge in [0.2, 0.25) is 0 Å². The van der Waals surface area contributed by atoms with Gasteiger partial charge < -0.3 is 0 Å². The summed E-state index contributed by atoms with van der Waals surface area (Å²) in [6.07, 6.45) is 4.55. The number of carbonyl (C=O) groups is 1. The van der Waals surface area contributed by atoms with E-state index in [9.17, 15) is 13.2 Å². The molecule has 4 aromatic rings. The van der Waals surface area contributed by atoms with Crippen molar-refractivity contribution in [3.63, 3.8) is 0 Å². The number of hydrogen-bond acceptors (Lipinski definition) is 6. The van der Waals surface area contributed by atoms with Crippen LogP contribution in [0, 0.1) is 0 Å². The first kappa shape index (κ1) is 20.6. The molecule has 2 aromatic carbocycles. The van der Waals surface area contributed by atoms with Crippen LogP contribution in [0.25, 0.3) is 10.2 Å². The highest BCUT2D eigenvalue weighted by Crippen LogP contribution is 2.32. The Labute approximate surface area is 186 Å². The first-order valence-corrected chi connectivity index (χ1v) is 12.4. The summed E-state index contributed by atoms with van der Waals surface area (Å²) in [5, 5.41) is 0.490. The number of hydrogen-bond donors (Lipinski definition) is 0. The summed E-state index contributed by atoms with van der Waals surface area (Å²) in [5.41, 5.74) is 2.02. The molecular weight excluding hydrogens is 486 g/mol. The van der Waals surface area contributed by atoms with Crippen molar-refractivity contribution in [3.05, 3.63) is 82.6 Å². The number of nitrogens with zero attached hydrogens (tertiary/aromatic N) is 3. The molecule has 2 heterocycles. The highest BCUT2D eigenvalue weighted by molar-refractivity contribution is 9.10. The zero-order chi connectivity index (χ0) is 21.3. The highest BCUT2D eigenvalue weighted by Gasteiger charge is 2.22. The fourth-order valence-corrected chi connectivity index (χ4v) is 5.04. The fourth-order valence-electron chi connectivity index (χ4n) is 2.92. The van der Waals surface area contributed by atoms with E-state index in [0.717, 1.165) is 10.0 Å². The second-order valence-corrected chi connectivity index (χ2v) is 10.6. The maximum absolute atomic E-state index is 13.4. The molecule has 0 radical (unpaired) electrons. The van der Waals surface area contributed by atoms with E-state index in [4.69, 9.17) is 0 Å². The van der Waals surface area contributed by atoms with Crippen molar-refractivity contribution in [2.24, 2.45) is 0 Å². The van der Waals surface area contributed by atoms with Crippen molar-refractivity contribution >= 4 is 58.4 Å². The van der Waals surface area contributed by atoms with Crippen LogP contribution in [0.15, 0.2) is 76.4 Å². The van der Waals surface area contributed by atoms with Crippen molar-refractivity contribution in [1.82, 2.24) is 9.97 Å². The molecule has 152 valence electrons. The van der Waals surface area contributed by atoms with Gasteiger partial charge in [-0.05, 0) is 48.0 Å². The lowest BCUT2D eigenvalue weighted by molar-refractivity contribution is 0.0985. The van der Waals surface area contributed by atoms with Crippen LogP contribution in [0.1, 0.15) is 15.9 Å². The number of benzene rings is 2. The number of thiazole rings is 1. The predicted octanol–water partition coefficient (Wildman–Crippen LogP) is 4.70.